The van der Waals surface area contributed by atoms with Crippen LogP contribution in [0.15, 0.2) is 23.8 Å². The first-order valence-electron chi connectivity index (χ1n) is 15.4. The van der Waals surface area contributed by atoms with Gasteiger partial charge in [-0.15, -0.1) is 0 Å². The van der Waals surface area contributed by atoms with Gasteiger partial charge in [-0.3, -0.25) is 14.4 Å². The molecule has 4 rings (SSSR count). The van der Waals surface area contributed by atoms with Crippen molar-refractivity contribution in [1.82, 2.24) is 0 Å². The molecule has 0 heterocycles. The molecule has 0 bridgehead atoms. The van der Waals surface area contributed by atoms with E-state index in [1.807, 2.05) is 19.9 Å². The third kappa shape index (κ3) is 4.54. The quantitative estimate of drug-likeness (QED) is 0.245. The van der Waals surface area contributed by atoms with E-state index in [1.165, 1.54) is 5.57 Å². The van der Waals surface area contributed by atoms with E-state index in [1.54, 1.807) is 0 Å². The van der Waals surface area contributed by atoms with Gasteiger partial charge in [-0.2, -0.15) is 0 Å². The zero-order chi connectivity index (χ0) is 29.0. The number of carbonyl (C=O) groups is 3. The smallest absolute Gasteiger partial charge is 0.311 e. The number of ketones is 1. The molecule has 0 radical (unpaired) electrons. The van der Waals surface area contributed by atoms with Gasteiger partial charge in [0.05, 0.1) is 18.6 Å². The number of esters is 2. The summed E-state index contributed by atoms with van der Waals surface area (Å²) in [5, 5.41) is 0. The molecule has 0 aromatic heterocycles. The van der Waals surface area contributed by atoms with Gasteiger partial charge in [-0.25, -0.2) is 0 Å². The summed E-state index contributed by atoms with van der Waals surface area (Å²) in [5.74, 6) is 0.0996. The van der Waals surface area contributed by atoms with Crippen LogP contribution >= 0.6 is 0 Å². The number of hydrogen-bond acceptors (Lipinski definition) is 5. The van der Waals surface area contributed by atoms with Gasteiger partial charge in [0.25, 0.3) is 0 Å². The lowest BCUT2D eigenvalue weighted by molar-refractivity contribution is -0.170. The van der Waals surface area contributed by atoms with E-state index in [0.29, 0.717) is 26.1 Å². The number of rotatable bonds is 7. The zero-order valence-corrected chi connectivity index (χ0v) is 25.8. The van der Waals surface area contributed by atoms with Crippen molar-refractivity contribution in [2.24, 2.45) is 44.8 Å². The summed E-state index contributed by atoms with van der Waals surface area (Å²) in [6.45, 7) is 22.3. The third-order valence-electron chi connectivity index (χ3n) is 12.4. The molecule has 39 heavy (non-hydrogen) atoms. The molecule has 0 aliphatic heterocycles. The van der Waals surface area contributed by atoms with Crippen molar-refractivity contribution in [1.29, 1.82) is 0 Å². The topological polar surface area (TPSA) is 69.7 Å². The van der Waals surface area contributed by atoms with E-state index in [9.17, 15) is 14.4 Å². The fraction of sp³-hybridized carbons (Fsp3) is 0.794. The lowest BCUT2D eigenvalue weighted by Gasteiger charge is -2.68. The van der Waals surface area contributed by atoms with Crippen LogP contribution in [0.4, 0.5) is 0 Å². The molecule has 4 aliphatic rings. The first-order valence-corrected chi connectivity index (χ1v) is 15.4. The molecule has 0 saturated heterocycles. The van der Waals surface area contributed by atoms with Gasteiger partial charge in [-0.05, 0) is 119 Å². The van der Waals surface area contributed by atoms with Crippen molar-refractivity contribution in [3.05, 3.63) is 23.8 Å². The van der Waals surface area contributed by atoms with Crippen LogP contribution in [-0.2, 0) is 23.9 Å². The van der Waals surface area contributed by atoms with Crippen molar-refractivity contribution in [3.8, 4) is 0 Å². The average molecular weight is 541 g/mol. The normalized spacial score (nSPS) is 43.3. The van der Waals surface area contributed by atoms with Gasteiger partial charge in [0.15, 0.2) is 5.78 Å². The number of ether oxygens (including phenoxy) is 2. The summed E-state index contributed by atoms with van der Waals surface area (Å²) in [4.78, 5) is 40.0. The Kier molecular flexibility index (Phi) is 7.84. The maximum Gasteiger partial charge on any atom is 0.311 e. The fourth-order valence-electron chi connectivity index (χ4n) is 9.80. The highest BCUT2D eigenvalue weighted by atomic mass is 16.5. The molecule has 5 nitrogen and oxygen atoms in total. The Labute approximate surface area is 236 Å². The summed E-state index contributed by atoms with van der Waals surface area (Å²) in [7, 11) is 0. The van der Waals surface area contributed by atoms with Crippen LogP contribution in [0.3, 0.4) is 0 Å². The zero-order valence-electron chi connectivity index (χ0n) is 25.8. The molecule has 4 aliphatic carbocycles. The molecule has 0 unspecified atom stereocenters. The molecular formula is C34H52O5. The minimum absolute atomic E-state index is 0.0863. The Hall–Kier alpha value is -1.91. The second-order valence-corrected chi connectivity index (χ2v) is 14.6. The number of carbonyl (C=O) groups excluding carboxylic acids is 3. The Morgan fingerprint density at radius 3 is 2.23 bits per heavy atom. The van der Waals surface area contributed by atoms with E-state index < -0.39 is 5.41 Å². The van der Waals surface area contributed by atoms with Crippen LogP contribution < -0.4 is 0 Å². The molecule has 8 atom stereocenters. The van der Waals surface area contributed by atoms with Crippen LogP contribution in [0.1, 0.15) is 113 Å². The number of fused-ring (bicyclic) bond motifs is 5. The molecule has 3 saturated carbocycles. The van der Waals surface area contributed by atoms with Crippen LogP contribution in [0.25, 0.3) is 0 Å². The minimum atomic E-state index is -0.522. The largest absolute Gasteiger partial charge is 0.466 e. The second-order valence-electron chi connectivity index (χ2n) is 14.6. The van der Waals surface area contributed by atoms with Crippen LogP contribution in [0.5, 0.6) is 0 Å². The van der Waals surface area contributed by atoms with Gasteiger partial charge >= 0.3 is 11.9 Å². The predicted octanol–water partition coefficient (Wildman–Crippen LogP) is 7.63. The molecular weight excluding hydrogens is 488 g/mol. The maximum absolute atomic E-state index is 14.4. The van der Waals surface area contributed by atoms with Gasteiger partial charge in [0, 0.05) is 12.3 Å². The maximum atomic E-state index is 14.4. The highest BCUT2D eigenvalue weighted by Gasteiger charge is 2.68. The minimum Gasteiger partial charge on any atom is -0.466 e. The van der Waals surface area contributed by atoms with Crippen LogP contribution in [-0.4, -0.2) is 30.9 Å². The van der Waals surface area contributed by atoms with Crippen molar-refractivity contribution < 1.29 is 23.9 Å². The summed E-state index contributed by atoms with van der Waals surface area (Å²) >= 11 is 0. The standard InChI is InChI=1S/C34H52O5/c1-10-38-27(36)13-14-32(7)23(22(3)4)12-15-34(9)28(32)26(35)20-24-25-21-31(6,29(37)39-11-2)17-16-30(25,5)18-19-33(24,34)8/h20,23,25,28H,3,10-19,21H2,1-2,4-9H3/t23-,25-,28+,30+,31-,32-,33+,34+/m0/s1. The van der Waals surface area contributed by atoms with Crippen molar-refractivity contribution >= 4 is 17.7 Å². The fourth-order valence-corrected chi connectivity index (χ4v) is 9.80. The summed E-state index contributed by atoms with van der Waals surface area (Å²) in [6.07, 6.45) is 9.59. The number of hydrogen-bond donors (Lipinski definition) is 0. The third-order valence-corrected chi connectivity index (χ3v) is 12.4. The molecule has 3 fully saturated rings. The summed E-state index contributed by atoms with van der Waals surface area (Å²) in [5.41, 5.74) is 1.19. The Bertz CT molecular complexity index is 1070. The Morgan fingerprint density at radius 2 is 1.62 bits per heavy atom. The van der Waals surface area contributed by atoms with Crippen molar-refractivity contribution in [2.75, 3.05) is 13.2 Å². The van der Waals surface area contributed by atoms with Crippen molar-refractivity contribution in [2.45, 2.75) is 113 Å². The highest BCUT2D eigenvalue weighted by Crippen LogP contribution is 2.73. The molecule has 0 amide bonds. The molecule has 0 N–H and O–H groups in total. The van der Waals surface area contributed by atoms with Crippen molar-refractivity contribution in [3.63, 3.8) is 0 Å². The van der Waals surface area contributed by atoms with E-state index in [0.717, 1.165) is 50.5 Å². The van der Waals surface area contributed by atoms with E-state index in [2.05, 4.69) is 48.1 Å². The molecule has 218 valence electrons. The van der Waals surface area contributed by atoms with Gasteiger partial charge < -0.3 is 9.47 Å². The van der Waals surface area contributed by atoms with Crippen LogP contribution in [0.2, 0.25) is 0 Å². The summed E-state index contributed by atoms with van der Waals surface area (Å²) in [6, 6.07) is 0. The molecule has 5 heteroatoms. The van der Waals surface area contributed by atoms with E-state index in [4.69, 9.17) is 9.47 Å². The average Bonchev–Trinajstić information content (AvgIpc) is 2.85. The molecule has 0 aromatic carbocycles. The van der Waals surface area contributed by atoms with E-state index >= 15 is 0 Å². The lowest BCUT2D eigenvalue weighted by atomic mass is 9.35. The van der Waals surface area contributed by atoms with Gasteiger partial charge in [0.2, 0.25) is 0 Å². The highest BCUT2D eigenvalue weighted by molar-refractivity contribution is 5.96. The molecule has 0 spiro atoms. The van der Waals surface area contributed by atoms with E-state index in [-0.39, 0.29) is 57.1 Å². The summed E-state index contributed by atoms with van der Waals surface area (Å²) < 4.78 is 10.8. The van der Waals surface area contributed by atoms with Crippen LogP contribution in [0, 0.1) is 44.8 Å². The monoisotopic (exact) mass is 540 g/mol. The number of allylic oxidation sites excluding steroid dienone is 3. The predicted molar refractivity (Wildman–Crippen MR) is 154 cm³/mol. The Balaban J connectivity index is 1.79. The van der Waals surface area contributed by atoms with Gasteiger partial charge in [0.1, 0.15) is 0 Å². The lowest BCUT2D eigenvalue weighted by Crippen LogP contribution is -2.63. The first kappa shape index (κ1) is 30.1. The van der Waals surface area contributed by atoms with Gasteiger partial charge in [-0.1, -0.05) is 45.4 Å². The second kappa shape index (κ2) is 10.2. The Morgan fingerprint density at radius 1 is 0.974 bits per heavy atom. The molecule has 0 aromatic rings. The first-order chi connectivity index (χ1) is 18.1. The SMILES string of the molecule is C=C(C)[C@@H]1CC[C@]2(C)[C@H](C(=O)C=C3[C@@H]4C[C@@](C)(C(=O)OCC)CC[C@]4(C)CC[C@]32C)[C@@]1(C)CCC(=O)OCC.